The molecule has 4 atom stereocenters. The lowest BCUT2D eigenvalue weighted by molar-refractivity contribution is -0.158. The Balaban J connectivity index is 1.58. The first kappa shape index (κ1) is 24.4. The molecule has 4 heterocycles. The highest BCUT2D eigenvalue weighted by Crippen LogP contribution is 2.57. The minimum atomic E-state index is -1.06. The van der Waals surface area contributed by atoms with Gasteiger partial charge >= 0.3 is 0 Å². The van der Waals surface area contributed by atoms with Crippen molar-refractivity contribution < 1.29 is 29.0 Å². The Morgan fingerprint density at radius 1 is 1.19 bits per heavy atom. The van der Waals surface area contributed by atoms with Gasteiger partial charge < -0.3 is 29.7 Å². The van der Waals surface area contributed by atoms with Gasteiger partial charge in [-0.3, -0.25) is 14.4 Å². The first-order valence-electron chi connectivity index (χ1n) is 12.2. The number of piperazine rings is 1. The molecule has 0 aliphatic carbocycles. The number of hydrogen-bond donors (Lipinski definition) is 2. The zero-order valence-electron chi connectivity index (χ0n) is 21.5. The number of nitrogens with zero attached hydrogens (tertiary/aromatic N) is 2. The number of benzene rings is 1. The summed E-state index contributed by atoms with van der Waals surface area (Å²) in [5.41, 5.74) is -0.826. The van der Waals surface area contributed by atoms with Crippen molar-refractivity contribution >= 4 is 23.4 Å². The Labute approximate surface area is 210 Å². The number of likely N-dealkylation sites (N-methyl/N-ethyl adjacent to an activating group) is 1. The lowest BCUT2D eigenvalue weighted by atomic mass is 9.60. The maximum absolute atomic E-state index is 13.9. The van der Waals surface area contributed by atoms with E-state index in [-0.39, 0.29) is 30.7 Å². The van der Waals surface area contributed by atoms with E-state index in [0.717, 1.165) is 5.56 Å². The molecule has 0 radical (unpaired) electrons. The van der Waals surface area contributed by atoms with E-state index in [1.165, 1.54) is 17.1 Å². The summed E-state index contributed by atoms with van der Waals surface area (Å²) < 4.78 is 12.1. The second-order valence-electron chi connectivity index (χ2n) is 11.6. The zero-order valence-corrected chi connectivity index (χ0v) is 21.5. The molecule has 0 aromatic heterocycles. The second kappa shape index (κ2) is 7.83. The third-order valence-electron chi connectivity index (χ3n) is 7.99. The van der Waals surface area contributed by atoms with E-state index in [0.29, 0.717) is 17.2 Å². The first-order chi connectivity index (χ1) is 16.8. The smallest absolute Gasteiger partial charge is 0.248 e. The van der Waals surface area contributed by atoms with Gasteiger partial charge in [-0.05, 0) is 49.5 Å². The minimum absolute atomic E-state index is 0.192. The van der Waals surface area contributed by atoms with E-state index in [9.17, 15) is 19.5 Å². The Morgan fingerprint density at radius 2 is 1.92 bits per heavy atom. The third-order valence-corrected chi connectivity index (χ3v) is 7.99. The SMILES string of the molecule is CN1C(=O)[C@H]2C(O)C=CC(=O)N2C[C@H]1C[C@]1(C(C)(C)C)C(=O)Nc2c1ccc1c2OC=CC(C)(C)O1. The fraction of sp³-hybridized carbons (Fsp3) is 0.519. The molecule has 192 valence electrons. The van der Waals surface area contributed by atoms with Gasteiger partial charge in [0.2, 0.25) is 17.7 Å². The van der Waals surface area contributed by atoms with Gasteiger partial charge in [-0.15, -0.1) is 0 Å². The van der Waals surface area contributed by atoms with Crippen LogP contribution in [0.5, 0.6) is 11.5 Å². The number of anilines is 1. The number of hydrogen-bond acceptors (Lipinski definition) is 6. The summed E-state index contributed by atoms with van der Waals surface area (Å²) in [7, 11) is 1.67. The molecule has 4 aliphatic heterocycles. The van der Waals surface area contributed by atoms with Crippen LogP contribution in [0, 0.1) is 5.41 Å². The van der Waals surface area contributed by atoms with Gasteiger partial charge in [0.05, 0.1) is 23.4 Å². The number of carbonyl (C=O) groups excluding carboxylic acids is 3. The van der Waals surface area contributed by atoms with Crippen LogP contribution in [0.2, 0.25) is 0 Å². The summed E-state index contributed by atoms with van der Waals surface area (Å²) in [6.07, 6.45) is 5.27. The zero-order chi connectivity index (χ0) is 26.2. The molecule has 1 fully saturated rings. The Hall–Kier alpha value is -3.33. The van der Waals surface area contributed by atoms with Crippen molar-refractivity contribution in [3.8, 4) is 11.5 Å². The average Bonchev–Trinajstić information content (AvgIpc) is 2.96. The normalized spacial score (nSPS) is 30.6. The van der Waals surface area contributed by atoms with E-state index in [2.05, 4.69) is 5.32 Å². The second-order valence-corrected chi connectivity index (χ2v) is 11.6. The highest BCUT2D eigenvalue weighted by molar-refractivity contribution is 6.09. The molecular formula is C27H33N3O6. The van der Waals surface area contributed by atoms with Gasteiger partial charge in [-0.25, -0.2) is 0 Å². The van der Waals surface area contributed by atoms with E-state index < -0.39 is 34.6 Å². The molecule has 5 rings (SSSR count). The van der Waals surface area contributed by atoms with Crippen LogP contribution < -0.4 is 14.8 Å². The molecule has 1 aromatic carbocycles. The van der Waals surface area contributed by atoms with Crippen LogP contribution in [0.15, 0.2) is 36.6 Å². The average molecular weight is 496 g/mol. The molecule has 9 nitrogen and oxygen atoms in total. The Kier molecular flexibility index (Phi) is 5.30. The summed E-state index contributed by atoms with van der Waals surface area (Å²) in [5, 5.41) is 13.4. The number of carbonyl (C=O) groups is 3. The van der Waals surface area contributed by atoms with E-state index in [1.807, 2.05) is 52.8 Å². The van der Waals surface area contributed by atoms with Gasteiger partial charge in [0.1, 0.15) is 17.7 Å². The van der Waals surface area contributed by atoms with Crippen molar-refractivity contribution in [2.24, 2.45) is 5.41 Å². The number of amides is 3. The molecule has 9 heteroatoms. The predicted molar refractivity (Wildman–Crippen MR) is 133 cm³/mol. The van der Waals surface area contributed by atoms with Crippen LogP contribution in [0.4, 0.5) is 5.69 Å². The molecule has 1 unspecified atom stereocenters. The molecule has 2 N–H and O–H groups in total. The minimum Gasteiger partial charge on any atom is -0.480 e. The molecule has 1 saturated heterocycles. The maximum atomic E-state index is 13.9. The summed E-state index contributed by atoms with van der Waals surface area (Å²) in [5.74, 6) is 0.123. The highest BCUT2D eigenvalue weighted by Gasteiger charge is 2.58. The summed E-state index contributed by atoms with van der Waals surface area (Å²) in [6.45, 7) is 10.1. The van der Waals surface area contributed by atoms with Gasteiger partial charge in [0.15, 0.2) is 11.5 Å². The fourth-order valence-electron chi connectivity index (χ4n) is 5.90. The van der Waals surface area contributed by atoms with Crippen LogP contribution >= 0.6 is 0 Å². The van der Waals surface area contributed by atoms with Crippen LogP contribution in [0.1, 0.15) is 46.6 Å². The van der Waals surface area contributed by atoms with Crippen molar-refractivity contribution in [2.45, 2.75) is 70.2 Å². The van der Waals surface area contributed by atoms with E-state index in [1.54, 1.807) is 18.2 Å². The van der Waals surface area contributed by atoms with Gasteiger partial charge in [0, 0.05) is 19.7 Å². The number of nitrogens with one attached hydrogen (secondary N) is 1. The van der Waals surface area contributed by atoms with Gasteiger partial charge in [-0.1, -0.05) is 26.8 Å². The molecule has 36 heavy (non-hydrogen) atoms. The Morgan fingerprint density at radius 3 is 2.61 bits per heavy atom. The quantitative estimate of drug-likeness (QED) is 0.652. The molecule has 3 amide bonds. The van der Waals surface area contributed by atoms with Crippen LogP contribution in [-0.2, 0) is 19.8 Å². The number of aliphatic hydroxyl groups is 1. The van der Waals surface area contributed by atoms with Gasteiger partial charge in [-0.2, -0.15) is 0 Å². The Bertz CT molecular complexity index is 1210. The topological polar surface area (TPSA) is 108 Å². The predicted octanol–water partition coefficient (Wildman–Crippen LogP) is 2.34. The monoisotopic (exact) mass is 495 g/mol. The molecule has 1 aromatic rings. The van der Waals surface area contributed by atoms with Crippen molar-refractivity contribution in [1.82, 2.24) is 9.80 Å². The summed E-state index contributed by atoms with van der Waals surface area (Å²) in [6, 6.07) is 2.33. The van der Waals surface area contributed by atoms with E-state index >= 15 is 0 Å². The van der Waals surface area contributed by atoms with Crippen LogP contribution in [0.25, 0.3) is 0 Å². The number of fused-ring (bicyclic) bond motifs is 4. The summed E-state index contributed by atoms with van der Waals surface area (Å²) >= 11 is 0. The lowest BCUT2D eigenvalue weighted by Gasteiger charge is -2.50. The molecule has 4 aliphatic rings. The number of ether oxygens (including phenoxy) is 2. The number of rotatable bonds is 2. The summed E-state index contributed by atoms with van der Waals surface area (Å²) in [4.78, 5) is 42.8. The number of aliphatic hydroxyl groups excluding tert-OH is 1. The fourth-order valence-corrected chi connectivity index (χ4v) is 5.90. The van der Waals surface area contributed by atoms with Gasteiger partial charge in [0.25, 0.3) is 0 Å². The van der Waals surface area contributed by atoms with Crippen LogP contribution in [-0.4, -0.2) is 70.0 Å². The molecule has 0 bridgehead atoms. The third kappa shape index (κ3) is 3.43. The van der Waals surface area contributed by atoms with E-state index in [4.69, 9.17) is 9.47 Å². The van der Waals surface area contributed by atoms with Crippen molar-refractivity contribution in [3.63, 3.8) is 0 Å². The van der Waals surface area contributed by atoms with Crippen LogP contribution in [0.3, 0.4) is 0 Å². The lowest BCUT2D eigenvalue weighted by Crippen LogP contribution is -2.67. The highest BCUT2D eigenvalue weighted by atomic mass is 16.5. The standard InChI is InChI=1S/C27H33N3O6/c1-25(2,3)27(13-15-14-30-19(32)10-8-17(31)21(30)23(33)29(15)6)16-7-9-18-22(20(16)28-24(27)34)35-12-11-26(4,5)36-18/h7-12,15,17,21,31H,13-14H2,1-6H3,(H,28,34)/t15-,17?,21-,27-/m1/s1. The van der Waals surface area contributed by atoms with Crippen molar-refractivity contribution in [1.29, 1.82) is 0 Å². The maximum Gasteiger partial charge on any atom is 0.248 e. The van der Waals surface area contributed by atoms with Crippen molar-refractivity contribution in [2.75, 3.05) is 18.9 Å². The molecule has 0 saturated carbocycles. The first-order valence-corrected chi connectivity index (χ1v) is 12.2. The molecular weight excluding hydrogens is 462 g/mol. The molecule has 0 spiro atoms. The van der Waals surface area contributed by atoms with Crippen molar-refractivity contribution in [3.05, 3.63) is 42.2 Å². The largest absolute Gasteiger partial charge is 0.480 e.